The molecule has 3 atom stereocenters. The van der Waals surface area contributed by atoms with Gasteiger partial charge in [0, 0.05) is 0 Å². The van der Waals surface area contributed by atoms with Gasteiger partial charge in [0.2, 0.25) is 0 Å². The Hall–Kier alpha value is -0.410. The molecule has 0 spiro atoms. The summed E-state index contributed by atoms with van der Waals surface area (Å²) in [5.74, 6) is 1.30. The number of halogens is 2. The third-order valence-corrected chi connectivity index (χ3v) is 4.94. The van der Waals surface area contributed by atoms with Crippen LogP contribution >= 0.6 is 15.9 Å². The van der Waals surface area contributed by atoms with Gasteiger partial charge in [-0.05, 0) is 58.7 Å². The molecular weight excluding hydrogens is 295 g/mol. The number of ether oxygens (including phenoxy) is 1. The topological polar surface area (TPSA) is 9.23 Å². The van der Waals surface area contributed by atoms with Crippen molar-refractivity contribution in [2.75, 3.05) is 0 Å². The van der Waals surface area contributed by atoms with Gasteiger partial charge in [0.15, 0.2) is 0 Å². The Morgan fingerprint density at radius 1 is 1.28 bits per heavy atom. The Kier molecular flexibility index (Phi) is 4.79. The third kappa shape index (κ3) is 3.33. The maximum atomic E-state index is 13.4. The first-order chi connectivity index (χ1) is 8.58. The fraction of sp³-hybridized carbons (Fsp3) is 0.600. The van der Waals surface area contributed by atoms with E-state index in [1.165, 1.54) is 12.5 Å². The molecule has 1 aromatic rings. The van der Waals surface area contributed by atoms with Gasteiger partial charge in [0.25, 0.3) is 0 Å². The highest BCUT2D eigenvalue weighted by Gasteiger charge is 2.25. The van der Waals surface area contributed by atoms with Crippen molar-refractivity contribution in [3.63, 3.8) is 0 Å². The van der Waals surface area contributed by atoms with Crippen LogP contribution in [0.25, 0.3) is 0 Å². The summed E-state index contributed by atoms with van der Waals surface area (Å²) in [7, 11) is 0. The van der Waals surface area contributed by atoms with Crippen molar-refractivity contribution in [3.8, 4) is 0 Å². The van der Waals surface area contributed by atoms with Crippen LogP contribution in [0.15, 0.2) is 22.7 Å². The van der Waals surface area contributed by atoms with Gasteiger partial charge in [-0.15, -0.1) is 0 Å². The zero-order valence-corrected chi connectivity index (χ0v) is 12.5. The lowest BCUT2D eigenvalue weighted by atomic mass is 9.80. The van der Waals surface area contributed by atoms with E-state index in [2.05, 4.69) is 29.8 Å². The average Bonchev–Trinajstić information content (AvgIpc) is 2.35. The molecule has 0 saturated heterocycles. The zero-order chi connectivity index (χ0) is 13.1. The van der Waals surface area contributed by atoms with Crippen LogP contribution in [0.4, 0.5) is 4.39 Å². The fourth-order valence-corrected chi connectivity index (χ4v) is 2.90. The van der Waals surface area contributed by atoms with Gasteiger partial charge in [0.05, 0.1) is 17.2 Å². The van der Waals surface area contributed by atoms with Crippen LogP contribution < -0.4 is 0 Å². The molecule has 0 N–H and O–H groups in total. The second-order valence-corrected chi connectivity index (χ2v) is 6.21. The molecule has 0 amide bonds. The van der Waals surface area contributed by atoms with E-state index >= 15 is 0 Å². The molecule has 1 aliphatic carbocycles. The van der Waals surface area contributed by atoms with Crippen LogP contribution in [-0.4, -0.2) is 6.10 Å². The highest BCUT2D eigenvalue weighted by atomic mass is 79.9. The first-order valence-corrected chi connectivity index (χ1v) is 7.41. The van der Waals surface area contributed by atoms with E-state index in [0.717, 1.165) is 30.2 Å². The third-order valence-electron chi connectivity index (χ3n) is 4.06. The molecule has 1 saturated carbocycles. The van der Waals surface area contributed by atoms with Crippen LogP contribution in [0.3, 0.4) is 0 Å². The lowest BCUT2D eigenvalue weighted by Crippen LogP contribution is -2.26. The molecular formula is C15H20BrFO. The molecule has 0 radical (unpaired) electrons. The zero-order valence-electron chi connectivity index (χ0n) is 11.0. The molecule has 1 fully saturated rings. The Morgan fingerprint density at radius 2 is 2.06 bits per heavy atom. The normalized spacial score (nSPS) is 28.3. The number of rotatable bonds is 3. The summed E-state index contributed by atoms with van der Waals surface area (Å²) in [6.07, 6.45) is 3.80. The summed E-state index contributed by atoms with van der Waals surface area (Å²) in [5.41, 5.74) is 0.890. The minimum absolute atomic E-state index is 0.221. The van der Waals surface area contributed by atoms with Crippen molar-refractivity contribution in [3.05, 3.63) is 34.1 Å². The molecule has 3 unspecified atom stereocenters. The molecule has 100 valence electrons. The van der Waals surface area contributed by atoms with Crippen LogP contribution in [0.5, 0.6) is 0 Å². The highest BCUT2D eigenvalue weighted by molar-refractivity contribution is 9.10. The maximum Gasteiger partial charge on any atom is 0.137 e. The lowest BCUT2D eigenvalue weighted by Gasteiger charge is -2.32. The van der Waals surface area contributed by atoms with E-state index in [1.807, 2.05) is 6.07 Å². The summed E-state index contributed by atoms with van der Waals surface area (Å²) in [6.45, 7) is 5.09. The molecule has 1 nitrogen and oxygen atoms in total. The van der Waals surface area contributed by atoms with Crippen molar-refractivity contribution in [1.29, 1.82) is 0 Å². The molecule has 0 aromatic heterocycles. The SMILES string of the molecule is CC1CCC(OCc2cccc(F)c2Br)CC1C. The molecule has 18 heavy (non-hydrogen) atoms. The number of benzene rings is 1. The summed E-state index contributed by atoms with van der Waals surface area (Å²) in [5, 5.41) is 0. The lowest BCUT2D eigenvalue weighted by molar-refractivity contribution is -0.00776. The molecule has 0 bridgehead atoms. The van der Waals surface area contributed by atoms with Gasteiger partial charge < -0.3 is 4.74 Å². The van der Waals surface area contributed by atoms with E-state index in [4.69, 9.17) is 4.74 Å². The van der Waals surface area contributed by atoms with Crippen molar-refractivity contribution in [1.82, 2.24) is 0 Å². The Morgan fingerprint density at radius 3 is 2.78 bits per heavy atom. The standard InChI is InChI=1S/C15H20BrFO/c1-10-6-7-13(8-11(10)2)18-9-12-4-3-5-14(17)15(12)16/h3-5,10-11,13H,6-9H2,1-2H3. The van der Waals surface area contributed by atoms with Gasteiger partial charge in [-0.1, -0.05) is 26.0 Å². The first kappa shape index (κ1) is 14.0. The fourth-order valence-electron chi connectivity index (χ4n) is 2.52. The van der Waals surface area contributed by atoms with Crippen LogP contribution in [0, 0.1) is 17.7 Å². The van der Waals surface area contributed by atoms with Gasteiger partial charge in [-0.2, -0.15) is 0 Å². The second kappa shape index (κ2) is 6.16. The predicted molar refractivity (Wildman–Crippen MR) is 74.9 cm³/mol. The van der Waals surface area contributed by atoms with Crippen molar-refractivity contribution < 1.29 is 9.13 Å². The molecule has 0 aliphatic heterocycles. The summed E-state index contributed by atoms with van der Waals surface area (Å²) < 4.78 is 19.8. The van der Waals surface area contributed by atoms with Gasteiger partial charge in [-0.25, -0.2) is 4.39 Å². The van der Waals surface area contributed by atoms with Crippen molar-refractivity contribution in [2.24, 2.45) is 11.8 Å². The van der Waals surface area contributed by atoms with E-state index in [9.17, 15) is 4.39 Å². The van der Waals surface area contributed by atoms with Crippen molar-refractivity contribution >= 4 is 15.9 Å². The maximum absolute atomic E-state index is 13.4. The largest absolute Gasteiger partial charge is 0.373 e. The summed E-state index contributed by atoms with van der Waals surface area (Å²) in [4.78, 5) is 0. The molecule has 2 rings (SSSR count). The van der Waals surface area contributed by atoms with Crippen LogP contribution in [0.1, 0.15) is 38.7 Å². The van der Waals surface area contributed by atoms with Gasteiger partial charge >= 0.3 is 0 Å². The minimum Gasteiger partial charge on any atom is -0.373 e. The predicted octanol–water partition coefficient (Wildman–Crippen LogP) is 4.93. The second-order valence-electron chi connectivity index (χ2n) is 5.41. The molecule has 3 heteroatoms. The quantitative estimate of drug-likeness (QED) is 0.768. The van der Waals surface area contributed by atoms with E-state index in [-0.39, 0.29) is 5.82 Å². The first-order valence-electron chi connectivity index (χ1n) is 6.62. The molecule has 1 aliphatic rings. The summed E-state index contributed by atoms with van der Waals surface area (Å²) in [6, 6.07) is 5.09. The number of hydrogen-bond acceptors (Lipinski definition) is 1. The Balaban J connectivity index is 1.90. The van der Waals surface area contributed by atoms with E-state index in [1.54, 1.807) is 6.07 Å². The molecule has 0 heterocycles. The Bertz CT molecular complexity index is 407. The van der Waals surface area contributed by atoms with Crippen molar-refractivity contribution in [2.45, 2.75) is 45.8 Å². The van der Waals surface area contributed by atoms with E-state index in [0.29, 0.717) is 17.2 Å². The Labute approximate surface area is 117 Å². The minimum atomic E-state index is -0.221. The highest BCUT2D eigenvalue weighted by Crippen LogP contribution is 2.32. The molecule has 1 aromatic carbocycles. The van der Waals surface area contributed by atoms with Gasteiger partial charge in [0.1, 0.15) is 5.82 Å². The van der Waals surface area contributed by atoms with Crippen LogP contribution in [0.2, 0.25) is 0 Å². The smallest absolute Gasteiger partial charge is 0.137 e. The van der Waals surface area contributed by atoms with Gasteiger partial charge in [-0.3, -0.25) is 0 Å². The van der Waals surface area contributed by atoms with Crippen LogP contribution in [-0.2, 0) is 11.3 Å². The average molecular weight is 315 g/mol. The van der Waals surface area contributed by atoms with E-state index < -0.39 is 0 Å². The number of hydrogen-bond donors (Lipinski definition) is 0. The summed E-state index contributed by atoms with van der Waals surface area (Å²) >= 11 is 3.27. The monoisotopic (exact) mass is 314 g/mol.